The predicted molar refractivity (Wildman–Crippen MR) is 110 cm³/mol. The van der Waals surface area contributed by atoms with Gasteiger partial charge in [-0.15, -0.1) is 0 Å². The predicted octanol–water partition coefficient (Wildman–Crippen LogP) is 4.11. The fourth-order valence-electron chi connectivity index (χ4n) is 2.51. The summed E-state index contributed by atoms with van der Waals surface area (Å²) in [6.45, 7) is 16.0. The van der Waals surface area contributed by atoms with Crippen LogP contribution in [0.1, 0.15) is 19.4 Å². The van der Waals surface area contributed by atoms with E-state index in [0.717, 1.165) is 31.1 Å². The smallest absolute Gasteiger partial charge is 0.119 e. The molecular weight excluding hydrogens is 324 g/mol. The molecule has 0 saturated carbocycles. The van der Waals surface area contributed by atoms with E-state index in [0.29, 0.717) is 13.2 Å². The van der Waals surface area contributed by atoms with Crippen LogP contribution < -0.4 is 4.74 Å². The molecule has 1 aromatic rings. The molecule has 0 spiro atoms. The Labute approximate surface area is 159 Å². The van der Waals surface area contributed by atoms with Gasteiger partial charge in [0.15, 0.2) is 0 Å². The molecule has 1 aromatic carbocycles. The number of hydrogen-bond donors (Lipinski definition) is 0. The van der Waals surface area contributed by atoms with E-state index in [1.54, 1.807) is 13.2 Å². The van der Waals surface area contributed by atoms with Crippen LogP contribution in [-0.4, -0.2) is 56.3 Å². The number of allylic oxidation sites excluding steroid dienone is 2. The number of likely N-dealkylation sites (N-methyl/N-ethyl adjacent to an activating group) is 2. The molecule has 0 radical (unpaired) electrons. The number of benzene rings is 1. The van der Waals surface area contributed by atoms with Gasteiger partial charge in [-0.2, -0.15) is 0 Å². The fourth-order valence-corrected chi connectivity index (χ4v) is 2.51. The zero-order valence-corrected chi connectivity index (χ0v) is 16.8. The van der Waals surface area contributed by atoms with Crippen LogP contribution in [-0.2, 0) is 11.3 Å². The first-order valence-electron chi connectivity index (χ1n) is 9.14. The highest BCUT2D eigenvalue weighted by molar-refractivity contribution is 5.28. The highest BCUT2D eigenvalue weighted by atomic mass is 16.5. The Bertz CT molecular complexity index is 583. The minimum atomic E-state index is -0.0396. The highest BCUT2D eigenvalue weighted by Gasteiger charge is 2.12. The lowest BCUT2D eigenvalue weighted by Crippen LogP contribution is -2.33. The molecule has 0 aliphatic carbocycles. The Morgan fingerprint density at radius 1 is 1.35 bits per heavy atom. The van der Waals surface area contributed by atoms with Gasteiger partial charge in [0.25, 0.3) is 0 Å². The van der Waals surface area contributed by atoms with Gasteiger partial charge < -0.3 is 14.4 Å². The first-order chi connectivity index (χ1) is 12.5. The van der Waals surface area contributed by atoms with Crippen molar-refractivity contribution in [3.05, 3.63) is 66.9 Å². The van der Waals surface area contributed by atoms with Crippen molar-refractivity contribution in [1.82, 2.24) is 9.80 Å². The molecular formula is C22H34N2O2. The van der Waals surface area contributed by atoms with Crippen molar-refractivity contribution in [2.75, 3.05) is 40.4 Å². The maximum Gasteiger partial charge on any atom is 0.119 e. The van der Waals surface area contributed by atoms with Crippen molar-refractivity contribution in [3.63, 3.8) is 0 Å². The van der Waals surface area contributed by atoms with Crippen LogP contribution in [0.25, 0.3) is 0 Å². The minimum absolute atomic E-state index is 0.0396. The molecule has 0 heterocycles. The average Bonchev–Trinajstić information content (AvgIpc) is 2.67. The minimum Gasteiger partial charge on any atom is -0.491 e. The second-order valence-corrected chi connectivity index (χ2v) is 6.29. The average molecular weight is 359 g/mol. The van der Waals surface area contributed by atoms with E-state index in [-0.39, 0.29) is 6.10 Å². The number of rotatable bonds is 13. The summed E-state index contributed by atoms with van der Waals surface area (Å²) in [4.78, 5) is 4.40. The molecule has 1 atom stereocenters. The fraction of sp³-hybridized carbons (Fsp3) is 0.455. The molecule has 1 rings (SSSR count). The number of nitrogens with zero attached hydrogens (tertiary/aromatic N) is 2. The normalized spacial score (nSPS) is 12.3. The number of hydrogen-bond acceptors (Lipinski definition) is 4. The molecule has 0 aromatic heterocycles. The summed E-state index contributed by atoms with van der Waals surface area (Å²) in [7, 11) is 3.68. The third kappa shape index (κ3) is 7.89. The second kappa shape index (κ2) is 12.3. The van der Waals surface area contributed by atoms with Gasteiger partial charge in [-0.3, -0.25) is 4.90 Å². The zero-order valence-electron chi connectivity index (χ0n) is 16.8. The largest absolute Gasteiger partial charge is 0.491 e. The van der Waals surface area contributed by atoms with Gasteiger partial charge in [0.1, 0.15) is 18.5 Å². The van der Waals surface area contributed by atoms with Crippen molar-refractivity contribution in [1.29, 1.82) is 0 Å². The van der Waals surface area contributed by atoms with Crippen LogP contribution in [0, 0.1) is 0 Å². The summed E-state index contributed by atoms with van der Waals surface area (Å²) in [6, 6.07) is 8.28. The van der Waals surface area contributed by atoms with Gasteiger partial charge in [-0.1, -0.05) is 44.4 Å². The Hall–Kier alpha value is -2.04. The van der Waals surface area contributed by atoms with Crippen molar-refractivity contribution >= 4 is 0 Å². The van der Waals surface area contributed by atoms with Crippen LogP contribution >= 0.6 is 0 Å². The molecule has 0 fully saturated rings. The highest BCUT2D eigenvalue weighted by Crippen LogP contribution is 2.16. The lowest BCUT2D eigenvalue weighted by molar-refractivity contribution is 0.0418. The molecule has 0 aliphatic rings. The van der Waals surface area contributed by atoms with Gasteiger partial charge >= 0.3 is 0 Å². The first-order valence-corrected chi connectivity index (χ1v) is 9.14. The Morgan fingerprint density at radius 2 is 2.12 bits per heavy atom. The first kappa shape index (κ1) is 22.0. The Kier molecular flexibility index (Phi) is 10.4. The molecule has 4 nitrogen and oxygen atoms in total. The lowest BCUT2D eigenvalue weighted by Gasteiger charge is -2.25. The maximum absolute atomic E-state index is 5.97. The van der Waals surface area contributed by atoms with Crippen molar-refractivity contribution < 1.29 is 9.47 Å². The van der Waals surface area contributed by atoms with Crippen LogP contribution in [0.4, 0.5) is 0 Å². The standard InChI is InChI=1S/C22H34N2O2/c1-7-10-14-24(9-3)16-20-12-11-13-21(15-20)26-18-22(25-6)17-23(5)19(4)8-2/h7-8,10-13,15,22H,2,4,9,14,16-18H2,1,3,5-6H3/b10-7+. The van der Waals surface area contributed by atoms with E-state index >= 15 is 0 Å². The van der Waals surface area contributed by atoms with Gasteiger partial charge in [-0.25, -0.2) is 0 Å². The summed E-state index contributed by atoms with van der Waals surface area (Å²) in [6.07, 6.45) is 5.97. The maximum atomic E-state index is 5.97. The topological polar surface area (TPSA) is 24.9 Å². The zero-order chi connectivity index (χ0) is 19.4. The van der Waals surface area contributed by atoms with E-state index in [1.165, 1.54) is 5.56 Å². The van der Waals surface area contributed by atoms with Crippen LogP contribution in [0.5, 0.6) is 5.75 Å². The Balaban J connectivity index is 2.61. The van der Waals surface area contributed by atoms with E-state index in [1.807, 2.05) is 24.1 Å². The van der Waals surface area contributed by atoms with E-state index < -0.39 is 0 Å². The molecule has 26 heavy (non-hydrogen) atoms. The molecule has 0 saturated heterocycles. The SMILES string of the molecule is C=CC(=C)N(C)CC(COc1cccc(CN(CC)C/C=C/C)c1)OC. The number of ether oxygens (including phenoxy) is 2. The lowest BCUT2D eigenvalue weighted by atomic mass is 10.2. The molecule has 1 unspecified atom stereocenters. The third-order valence-corrected chi connectivity index (χ3v) is 4.32. The van der Waals surface area contributed by atoms with Crippen LogP contribution in [0.15, 0.2) is 61.3 Å². The van der Waals surface area contributed by atoms with Gasteiger partial charge in [0.2, 0.25) is 0 Å². The van der Waals surface area contributed by atoms with Crippen molar-refractivity contribution in [3.8, 4) is 5.75 Å². The summed E-state index contributed by atoms with van der Waals surface area (Å²) in [5.74, 6) is 0.872. The quantitative estimate of drug-likeness (QED) is 0.391. The van der Waals surface area contributed by atoms with E-state index in [9.17, 15) is 0 Å². The summed E-state index contributed by atoms with van der Waals surface area (Å²) in [5.41, 5.74) is 2.12. The van der Waals surface area contributed by atoms with Gasteiger partial charge in [0.05, 0.1) is 0 Å². The Morgan fingerprint density at radius 3 is 2.73 bits per heavy atom. The van der Waals surface area contributed by atoms with Crippen LogP contribution in [0.2, 0.25) is 0 Å². The summed E-state index contributed by atoms with van der Waals surface area (Å²) < 4.78 is 11.5. The van der Waals surface area contributed by atoms with Crippen molar-refractivity contribution in [2.45, 2.75) is 26.5 Å². The van der Waals surface area contributed by atoms with Gasteiger partial charge in [-0.05, 0) is 37.2 Å². The summed E-state index contributed by atoms with van der Waals surface area (Å²) in [5, 5.41) is 0. The molecule has 0 amide bonds. The van der Waals surface area contributed by atoms with Gasteiger partial charge in [0, 0.05) is 39.5 Å². The monoisotopic (exact) mass is 358 g/mol. The van der Waals surface area contributed by atoms with Crippen molar-refractivity contribution in [2.24, 2.45) is 0 Å². The molecule has 4 heteroatoms. The molecule has 0 bridgehead atoms. The van der Waals surface area contributed by atoms with E-state index in [4.69, 9.17) is 9.47 Å². The van der Waals surface area contributed by atoms with Crippen LogP contribution in [0.3, 0.4) is 0 Å². The third-order valence-electron chi connectivity index (χ3n) is 4.32. The summed E-state index contributed by atoms with van der Waals surface area (Å²) >= 11 is 0. The second-order valence-electron chi connectivity index (χ2n) is 6.29. The number of methoxy groups -OCH3 is 1. The van der Waals surface area contributed by atoms with E-state index in [2.05, 4.69) is 56.2 Å². The molecule has 0 aliphatic heterocycles. The molecule has 0 N–H and O–H groups in total. The molecule has 144 valence electrons.